The van der Waals surface area contributed by atoms with Crippen LogP contribution in [0.1, 0.15) is 37.8 Å². The molecule has 2 heteroatoms. The summed E-state index contributed by atoms with van der Waals surface area (Å²) >= 11 is 0. The zero-order valence-electron chi connectivity index (χ0n) is 11.3. The van der Waals surface area contributed by atoms with Crippen LogP contribution >= 0.6 is 0 Å². The third kappa shape index (κ3) is 3.22. The van der Waals surface area contributed by atoms with Gasteiger partial charge in [0.1, 0.15) is 0 Å². The van der Waals surface area contributed by atoms with Gasteiger partial charge in [-0.15, -0.1) is 0 Å². The summed E-state index contributed by atoms with van der Waals surface area (Å²) in [5.74, 6) is 0. The molecule has 0 aliphatic heterocycles. The number of aryl methyl sites for hydroxylation is 2. The molecule has 0 bridgehead atoms. The Hall–Kier alpha value is -1.02. The number of hydrogen-bond donors (Lipinski definition) is 1. The Morgan fingerprint density at radius 3 is 2.65 bits per heavy atom. The lowest BCUT2D eigenvalue weighted by molar-refractivity contribution is 0.479. The molecule has 1 aliphatic carbocycles. The third-order valence-corrected chi connectivity index (χ3v) is 3.61. The number of nitrogens with two attached hydrogens (primary N) is 1. The van der Waals surface area contributed by atoms with Crippen molar-refractivity contribution in [1.29, 1.82) is 0 Å². The van der Waals surface area contributed by atoms with Gasteiger partial charge in [-0.1, -0.05) is 6.07 Å². The largest absolute Gasteiger partial charge is 0.375 e. The van der Waals surface area contributed by atoms with E-state index in [0.29, 0.717) is 0 Å². The van der Waals surface area contributed by atoms with Gasteiger partial charge in [-0.2, -0.15) is 0 Å². The maximum absolute atomic E-state index is 6.03. The van der Waals surface area contributed by atoms with Gasteiger partial charge in [-0.25, -0.2) is 0 Å². The molecule has 1 aromatic rings. The second-order valence-corrected chi connectivity index (χ2v) is 5.97. The summed E-state index contributed by atoms with van der Waals surface area (Å²) in [6.45, 7) is 5.19. The van der Waals surface area contributed by atoms with E-state index in [-0.39, 0.29) is 5.54 Å². The van der Waals surface area contributed by atoms with E-state index in [9.17, 15) is 0 Å². The number of fused-ring (bicyclic) bond motifs is 1. The average molecular weight is 232 g/mol. The van der Waals surface area contributed by atoms with Crippen LogP contribution in [0.25, 0.3) is 0 Å². The molecule has 0 heterocycles. The van der Waals surface area contributed by atoms with Crippen molar-refractivity contribution in [2.45, 2.75) is 45.1 Å². The molecule has 2 rings (SSSR count). The Bertz CT molecular complexity index is 390. The molecule has 0 aromatic heterocycles. The van der Waals surface area contributed by atoms with Crippen molar-refractivity contribution >= 4 is 5.69 Å². The SMILES string of the molecule is CN(CCC(C)(C)N)c1ccc2c(c1)CCC2. The molecule has 1 aliphatic rings. The quantitative estimate of drug-likeness (QED) is 0.865. The number of hydrogen-bond acceptors (Lipinski definition) is 2. The lowest BCUT2D eigenvalue weighted by Crippen LogP contribution is -2.36. The lowest BCUT2D eigenvalue weighted by atomic mass is 10.0. The highest BCUT2D eigenvalue weighted by atomic mass is 15.1. The van der Waals surface area contributed by atoms with Crippen LogP contribution in [-0.2, 0) is 12.8 Å². The minimum Gasteiger partial charge on any atom is -0.375 e. The molecule has 0 spiro atoms. The third-order valence-electron chi connectivity index (χ3n) is 3.61. The maximum Gasteiger partial charge on any atom is 0.0366 e. The van der Waals surface area contributed by atoms with Crippen LogP contribution in [0.4, 0.5) is 5.69 Å². The van der Waals surface area contributed by atoms with Crippen LogP contribution in [0.5, 0.6) is 0 Å². The van der Waals surface area contributed by atoms with Gasteiger partial charge >= 0.3 is 0 Å². The molecule has 0 unspecified atom stereocenters. The van der Waals surface area contributed by atoms with Crippen LogP contribution in [0.2, 0.25) is 0 Å². The first-order valence-electron chi connectivity index (χ1n) is 6.57. The second kappa shape index (κ2) is 4.69. The highest BCUT2D eigenvalue weighted by Gasteiger charge is 2.14. The average Bonchev–Trinajstić information content (AvgIpc) is 2.71. The molecule has 0 fully saturated rings. The molecule has 0 radical (unpaired) electrons. The fourth-order valence-corrected chi connectivity index (χ4v) is 2.38. The molecule has 0 atom stereocenters. The van der Waals surface area contributed by atoms with E-state index in [1.807, 2.05) is 0 Å². The standard InChI is InChI=1S/C15H24N2/c1-15(2,16)9-10-17(3)14-8-7-12-5-4-6-13(12)11-14/h7-8,11H,4-6,9-10,16H2,1-3H3. The van der Waals surface area contributed by atoms with Crippen molar-refractivity contribution in [3.8, 4) is 0 Å². The predicted molar refractivity (Wildman–Crippen MR) is 74.6 cm³/mol. The molecule has 1 aromatic carbocycles. The summed E-state index contributed by atoms with van der Waals surface area (Å²) in [4.78, 5) is 2.31. The Labute approximate surface area is 105 Å². The first-order chi connectivity index (χ1) is 7.96. The minimum absolute atomic E-state index is 0.0784. The molecule has 0 saturated heterocycles. The van der Waals surface area contributed by atoms with E-state index < -0.39 is 0 Å². The van der Waals surface area contributed by atoms with Crippen LogP contribution < -0.4 is 10.6 Å². The summed E-state index contributed by atoms with van der Waals surface area (Å²) in [6.07, 6.45) is 4.84. The van der Waals surface area contributed by atoms with Gasteiger partial charge < -0.3 is 10.6 Å². The summed E-state index contributed by atoms with van der Waals surface area (Å²) in [7, 11) is 2.16. The fraction of sp³-hybridized carbons (Fsp3) is 0.600. The van der Waals surface area contributed by atoms with Crippen LogP contribution in [-0.4, -0.2) is 19.1 Å². The molecule has 17 heavy (non-hydrogen) atoms. The van der Waals surface area contributed by atoms with Crippen molar-refractivity contribution in [3.63, 3.8) is 0 Å². The van der Waals surface area contributed by atoms with Crippen molar-refractivity contribution in [2.24, 2.45) is 5.73 Å². The van der Waals surface area contributed by atoms with Crippen LogP contribution in [0, 0.1) is 0 Å². The molecular formula is C15H24N2. The van der Waals surface area contributed by atoms with Gasteiger partial charge in [0, 0.05) is 24.8 Å². The Balaban J connectivity index is 2.02. The van der Waals surface area contributed by atoms with Gasteiger partial charge in [0.25, 0.3) is 0 Å². The zero-order chi connectivity index (χ0) is 12.5. The van der Waals surface area contributed by atoms with E-state index in [0.717, 1.165) is 13.0 Å². The van der Waals surface area contributed by atoms with Gasteiger partial charge in [0.05, 0.1) is 0 Å². The normalized spacial score (nSPS) is 14.8. The van der Waals surface area contributed by atoms with Gasteiger partial charge in [0.2, 0.25) is 0 Å². The number of rotatable bonds is 4. The maximum atomic E-state index is 6.03. The number of benzene rings is 1. The molecule has 0 amide bonds. The molecule has 0 saturated carbocycles. The Morgan fingerprint density at radius 2 is 1.94 bits per heavy atom. The van der Waals surface area contributed by atoms with Crippen molar-refractivity contribution in [2.75, 3.05) is 18.5 Å². The summed E-state index contributed by atoms with van der Waals surface area (Å²) < 4.78 is 0. The molecule has 2 N–H and O–H groups in total. The van der Waals surface area contributed by atoms with E-state index >= 15 is 0 Å². The lowest BCUT2D eigenvalue weighted by Gasteiger charge is -2.25. The topological polar surface area (TPSA) is 29.3 Å². The van der Waals surface area contributed by atoms with E-state index in [2.05, 4.69) is 44.0 Å². The van der Waals surface area contributed by atoms with E-state index in [1.165, 1.54) is 24.9 Å². The van der Waals surface area contributed by atoms with Gasteiger partial charge in [-0.05, 0) is 62.8 Å². The van der Waals surface area contributed by atoms with Crippen molar-refractivity contribution in [3.05, 3.63) is 29.3 Å². The highest BCUT2D eigenvalue weighted by molar-refractivity contribution is 5.51. The minimum atomic E-state index is -0.0784. The fourth-order valence-electron chi connectivity index (χ4n) is 2.38. The summed E-state index contributed by atoms with van der Waals surface area (Å²) in [5, 5.41) is 0. The van der Waals surface area contributed by atoms with Crippen LogP contribution in [0.15, 0.2) is 18.2 Å². The van der Waals surface area contributed by atoms with Crippen LogP contribution in [0.3, 0.4) is 0 Å². The smallest absolute Gasteiger partial charge is 0.0366 e. The van der Waals surface area contributed by atoms with E-state index in [1.54, 1.807) is 11.1 Å². The molecular weight excluding hydrogens is 208 g/mol. The molecule has 2 nitrogen and oxygen atoms in total. The number of nitrogens with zero attached hydrogens (tertiary/aromatic N) is 1. The summed E-state index contributed by atoms with van der Waals surface area (Å²) in [6, 6.07) is 6.89. The van der Waals surface area contributed by atoms with Gasteiger partial charge in [-0.3, -0.25) is 0 Å². The zero-order valence-corrected chi connectivity index (χ0v) is 11.3. The molecule has 94 valence electrons. The number of anilines is 1. The van der Waals surface area contributed by atoms with Crippen molar-refractivity contribution in [1.82, 2.24) is 0 Å². The summed E-state index contributed by atoms with van der Waals surface area (Å²) in [5.41, 5.74) is 10.4. The Kier molecular flexibility index (Phi) is 3.43. The first-order valence-corrected chi connectivity index (χ1v) is 6.57. The first kappa shape index (κ1) is 12.4. The predicted octanol–water partition coefficient (Wildman–Crippen LogP) is 2.74. The Morgan fingerprint density at radius 1 is 1.24 bits per heavy atom. The van der Waals surface area contributed by atoms with Crippen molar-refractivity contribution < 1.29 is 0 Å². The van der Waals surface area contributed by atoms with Gasteiger partial charge in [0.15, 0.2) is 0 Å². The monoisotopic (exact) mass is 232 g/mol. The second-order valence-electron chi connectivity index (χ2n) is 5.97. The van der Waals surface area contributed by atoms with E-state index in [4.69, 9.17) is 5.73 Å². The highest BCUT2D eigenvalue weighted by Crippen LogP contribution is 2.26.